The average molecular weight is 292 g/mol. The lowest BCUT2D eigenvalue weighted by atomic mass is 10.1. The molecule has 7 heteroatoms. The van der Waals surface area contributed by atoms with Crippen molar-refractivity contribution < 1.29 is 22.6 Å². The van der Waals surface area contributed by atoms with Gasteiger partial charge < -0.3 is 15.2 Å². The van der Waals surface area contributed by atoms with Gasteiger partial charge in [0.05, 0.1) is 20.8 Å². The Bertz CT molecular complexity index is 438. The van der Waals surface area contributed by atoms with Crippen molar-refractivity contribution in [1.82, 2.24) is 4.90 Å². The van der Waals surface area contributed by atoms with Gasteiger partial charge in [0.1, 0.15) is 11.5 Å². The van der Waals surface area contributed by atoms with Crippen molar-refractivity contribution in [3.8, 4) is 11.5 Å². The Morgan fingerprint density at radius 2 is 1.90 bits per heavy atom. The summed E-state index contributed by atoms with van der Waals surface area (Å²) in [6, 6.07) is 4.47. The Morgan fingerprint density at radius 1 is 1.25 bits per heavy atom. The van der Waals surface area contributed by atoms with Crippen LogP contribution in [0.4, 0.5) is 13.2 Å². The van der Waals surface area contributed by atoms with E-state index < -0.39 is 18.8 Å². The molecular formula is C13H19F3N2O2. The molecule has 4 nitrogen and oxygen atoms in total. The van der Waals surface area contributed by atoms with Crippen LogP contribution in [0.3, 0.4) is 0 Å². The summed E-state index contributed by atoms with van der Waals surface area (Å²) in [7, 11) is 4.37. The number of rotatable bonds is 6. The van der Waals surface area contributed by atoms with Crippen LogP contribution in [-0.2, 0) is 0 Å². The smallest absolute Gasteiger partial charge is 0.401 e. The molecule has 0 radical (unpaired) electrons. The maximum Gasteiger partial charge on any atom is 0.401 e. The second-order valence-corrected chi connectivity index (χ2v) is 4.53. The number of methoxy groups -OCH3 is 2. The molecule has 1 aromatic rings. The molecule has 0 aliphatic rings. The summed E-state index contributed by atoms with van der Waals surface area (Å²) < 4.78 is 47.1. The molecule has 0 aromatic heterocycles. The highest BCUT2D eigenvalue weighted by Crippen LogP contribution is 2.29. The van der Waals surface area contributed by atoms with E-state index in [-0.39, 0.29) is 6.54 Å². The van der Waals surface area contributed by atoms with Crippen LogP contribution in [0.15, 0.2) is 18.2 Å². The Labute approximate surface area is 116 Å². The molecule has 1 unspecified atom stereocenters. The maximum atomic E-state index is 12.3. The van der Waals surface area contributed by atoms with Gasteiger partial charge in [0, 0.05) is 24.2 Å². The molecule has 0 heterocycles. The van der Waals surface area contributed by atoms with Crippen LogP contribution in [0.5, 0.6) is 11.5 Å². The van der Waals surface area contributed by atoms with E-state index in [0.717, 1.165) is 4.90 Å². The SMILES string of the molecule is COc1ccc(C(N)CN(C)CC(F)(F)F)c(OC)c1. The fraction of sp³-hybridized carbons (Fsp3) is 0.538. The third-order valence-corrected chi connectivity index (χ3v) is 2.80. The third kappa shape index (κ3) is 4.90. The maximum absolute atomic E-state index is 12.3. The molecule has 0 aliphatic heterocycles. The lowest BCUT2D eigenvalue weighted by Gasteiger charge is -2.23. The minimum absolute atomic E-state index is 0.0716. The van der Waals surface area contributed by atoms with Gasteiger partial charge in [-0.3, -0.25) is 4.90 Å². The topological polar surface area (TPSA) is 47.7 Å². The van der Waals surface area contributed by atoms with E-state index in [0.29, 0.717) is 17.1 Å². The van der Waals surface area contributed by atoms with Crippen LogP contribution >= 0.6 is 0 Å². The highest BCUT2D eigenvalue weighted by Gasteiger charge is 2.30. The zero-order valence-electron chi connectivity index (χ0n) is 11.7. The van der Waals surface area contributed by atoms with Gasteiger partial charge in [-0.1, -0.05) is 6.07 Å². The highest BCUT2D eigenvalue weighted by molar-refractivity contribution is 5.42. The Balaban J connectivity index is 2.79. The van der Waals surface area contributed by atoms with E-state index >= 15 is 0 Å². The third-order valence-electron chi connectivity index (χ3n) is 2.80. The summed E-state index contributed by atoms with van der Waals surface area (Å²) >= 11 is 0. The molecule has 0 saturated carbocycles. The van der Waals surface area contributed by atoms with Crippen LogP contribution in [-0.4, -0.2) is 45.4 Å². The van der Waals surface area contributed by atoms with E-state index in [1.807, 2.05) is 0 Å². The van der Waals surface area contributed by atoms with Gasteiger partial charge in [-0.2, -0.15) is 13.2 Å². The Morgan fingerprint density at radius 3 is 2.40 bits per heavy atom. The number of likely N-dealkylation sites (N-methyl/N-ethyl adjacent to an activating group) is 1. The number of halogens is 3. The number of ether oxygens (including phenoxy) is 2. The molecule has 0 spiro atoms. The molecule has 2 N–H and O–H groups in total. The number of nitrogens with zero attached hydrogens (tertiary/aromatic N) is 1. The summed E-state index contributed by atoms with van der Waals surface area (Å²) in [5, 5.41) is 0. The van der Waals surface area contributed by atoms with E-state index in [1.165, 1.54) is 21.3 Å². The Kier molecular flexibility index (Phi) is 5.64. The van der Waals surface area contributed by atoms with Gasteiger partial charge in [-0.05, 0) is 13.1 Å². The second-order valence-electron chi connectivity index (χ2n) is 4.53. The zero-order valence-corrected chi connectivity index (χ0v) is 11.7. The molecule has 1 rings (SSSR count). The molecule has 114 valence electrons. The summed E-state index contributed by atoms with van der Waals surface area (Å²) in [5.74, 6) is 1.10. The van der Waals surface area contributed by atoms with Gasteiger partial charge in [0.2, 0.25) is 0 Å². The first kappa shape index (κ1) is 16.6. The summed E-state index contributed by atoms with van der Waals surface area (Å²) in [6.45, 7) is -0.929. The molecule has 0 saturated heterocycles. The van der Waals surface area contributed by atoms with Gasteiger partial charge in [-0.25, -0.2) is 0 Å². The second kappa shape index (κ2) is 6.81. The summed E-state index contributed by atoms with van der Waals surface area (Å²) in [6.07, 6.45) is -4.24. The predicted octanol–water partition coefficient (Wildman–Crippen LogP) is 2.20. The fourth-order valence-electron chi connectivity index (χ4n) is 1.93. The van der Waals surface area contributed by atoms with Crippen LogP contribution in [0.2, 0.25) is 0 Å². The molecule has 0 fully saturated rings. The summed E-state index contributed by atoms with van der Waals surface area (Å²) in [5.41, 5.74) is 6.59. The number of hydrogen-bond donors (Lipinski definition) is 1. The number of nitrogens with two attached hydrogens (primary N) is 1. The first-order valence-corrected chi connectivity index (χ1v) is 5.99. The quantitative estimate of drug-likeness (QED) is 0.873. The average Bonchev–Trinajstić information content (AvgIpc) is 2.35. The van der Waals surface area contributed by atoms with Crippen molar-refractivity contribution >= 4 is 0 Å². The largest absolute Gasteiger partial charge is 0.497 e. The van der Waals surface area contributed by atoms with E-state index in [1.54, 1.807) is 18.2 Å². The monoisotopic (exact) mass is 292 g/mol. The van der Waals surface area contributed by atoms with Crippen molar-refractivity contribution in [2.24, 2.45) is 5.73 Å². The van der Waals surface area contributed by atoms with Crippen LogP contribution in [0.1, 0.15) is 11.6 Å². The highest BCUT2D eigenvalue weighted by atomic mass is 19.4. The predicted molar refractivity (Wildman–Crippen MR) is 70.0 cm³/mol. The van der Waals surface area contributed by atoms with Crippen LogP contribution in [0.25, 0.3) is 0 Å². The first-order chi connectivity index (χ1) is 9.26. The fourth-order valence-corrected chi connectivity index (χ4v) is 1.93. The number of benzene rings is 1. The van der Waals surface area contributed by atoms with Crippen molar-refractivity contribution in [1.29, 1.82) is 0 Å². The molecule has 0 amide bonds. The number of hydrogen-bond acceptors (Lipinski definition) is 4. The van der Waals surface area contributed by atoms with Crippen molar-refractivity contribution in [3.63, 3.8) is 0 Å². The van der Waals surface area contributed by atoms with Crippen molar-refractivity contribution in [2.45, 2.75) is 12.2 Å². The zero-order chi connectivity index (χ0) is 15.3. The molecule has 0 aliphatic carbocycles. The summed E-state index contributed by atoms with van der Waals surface area (Å²) in [4.78, 5) is 1.13. The molecule has 1 atom stereocenters. The van der Waals surface area contributed by atoms with Crippen LogP contribution in [0, 0.1) is 0 Å². The van der Waals surface area contributed by atoms with E-state index in [4.69, 9.17) is 15.2 Å². The van der Waals surface area contributed by atoms with E-state index in [9.17, 15) is 13.2 Å². The van der Waals surface area contributed by atoms with Gasteiger partial charge in [0.25, 0.3) is 0 Å². The minimum Gasteiger partial charge on any atom is -0.497 e. The molecule has 0 bridgehead atoms. The van der Waals surface area contributed by atoms with E-state index in [2.05, 4.69) is 0 Å². The van der Waals surface area contributed by atoms with Crippen molar-refractivity contribution in [2.75, 3.05) is 34.4 Å². The normalized spacial score (nSPS) is 13.4. The van der Waals surface area contributed by atoms with Gasteiger partial charge in [0.15, 0.2) is 0 Å². The molecule has 20 heavy (non-hydrogen) atoms. The van der Waals surface area contributed by atoms with Crippen molar-refractivity contribution in [3.05, 3.63) is 23.8 Å². The lowest BCUT2D eigenvalue weighted by molar-refractivity contribution is -0.143. The standard InChI is InChI=1S/C13H19F3N2O2/c1-18(8-13(14,15)16)7-11(17)10-5-4-9(19-2)6-12(10)20-3/h4-6,11H,7-8,17H2,1-3H3. The molecule has 1 aromatic carbocycles. The first-order valence-electron chi connectivity index (χ1n) is 5.99. The van der Waals surface area contributed by atoms with Gasteiger partial charge in [-0.15, -0.1) is 0 Å². The lowest BCUT2D eigenvalue weighted by Crippen LogP contribution is -2.36. The Hall–Kier alpha value is -1.47. The minimum atomic E-state index is -4.24. The van der Waals surface area contributed by atoms with Gasteiger partial charge >= 0.3 is 6.18 Å². The number of alkyl halides is 3. The van der Waals surface area contributed by atoms with Crippen LogP contribution < -0.4 is 15.2 Å². The molecular weight excluding hydrogens is 273 g/mol.